The number of hydrogen-bond donors (Lipinski definition) is 1. The molecule has 5 heteroatoms. The molecule has 0 aromatic heterocycles. The van der Waals surface area contributed by atoms with E-state index in [-0.39, 0.29) is 11.4 Å². The zero-order chi connectivity index (χ0) is 12.5. The number of anilines is 1. The van der Waals surface area contributed by atoms with E-state index in [9.17, 15) is 4.39 Å². The predicted molar refractivity (Wildman–Crippen MR) is 76.3 cm³/mol. The van der Waals surface area contributed by atoms with E-state index in [0.717, 1.165) is 17.3 Å². The van der Waals surface area contributed by atoms with Gasteiger partial charge in [-0.1, -0.05) is 17.8 Å². The minimum Gasteiger partial charge on any atom is -0.332 e. The first-order valence-electron chi connectivity index (χ1n) is 5.42. The summed E-state index contributed by atoms with van der Waals surface area (Å²) in [7, 11) is 0. The summed E-state index contributed by atoms with van der Waals surface area (Å²) in [5, 5.41) is 3.85. The predicted octanol–water partition coefficient (Wildman–Crippen LogP) is 4.27. The van der Waals surface area contributed by atoms with Gasteiger partial charge in [0.2, 0.25) is 0 Å². The Morgan fingerprint density at radius 3 is 2.88 bits per heavy atom. The Morgan fingerprint density at radius 1 is 1.47 bits per heavy atom. The van der Waals surface area contributed by atoms with Gasteiger partial charge in [-0.15, -0.1) is 0 Å². The average molecular weight is 317 g/mol. The van der Waals surface area contributed by atoms with Gasteiger partial charge in [0.15, 0.2) is 5.17 Å². The normalized spacial score (nSPS) is 18.7. The second-order valence-electron chi connectivity index (χ2n) is 4.55. The fourth-order valence-electron chi connectivity index (χ4n) is 1.55. The van der Waals surface area contributed by atoms with Crippen molar-refractivity contribution in [1.82, 2.24) is 0 Å². The van der Waals surface area contributed by atoms with Crippen molar-refractivity contribution in [2.45, 2.75) is 25.8 Å². The van der Waals surface area contributed by atoms with Crippen molar-refractivity contribution in [3.05, 3.63) is 28.5 Å². The number of nitrogens with zero attached hydrogens (tertiary/aromatic N) is 1. The third kappa shape index (κ3) is 3.22. The van der Waals surface area contributed by atoms with E-state index >= 15 is 0 Å². The largest absolute Gasteiger partial charge is 0.332 e. The average Bonchev–Trinajstić information content (AvgIpc) is 2.22. The summed E-state index contributed by atoms with van der Waals surface area (Å²) in [4.78, 5) is 4.57. The molecule has 1 aromatic rings. The Kier molecular flexibility index (Phi) is 3.78. The Balaban J connectivity index is 2.24. The van der Waals surface area contributed by atoms with Crippen molar-refractivity contribution in [1.29, 1.82) is 0 Å². The molecule has 1 N–H and O–H groups in total. The second kappa shape index (κ2) is 4.98. The lowest BCUT2D eigenvalue weighted by atomic mass is 10.0. The van der Waals surface area contributed by atoms with Crippen molar-refractivity contribution in [2.75, 3.05) is 11.1 Å². The summed E-state index contributed by atoms with van der Waals surface area (Å²) in [6, 6.07) is 4.92. The Bertz CT molecular complexity index is 440. The smallest absolute Gasteiger partial charge is 0.161 e. The SMILES string of the molecule is CC1(C)CCSC(Nc2c(F)cccc2Br)=N1. The summed E-state index contributed by atoms with van der Waals surface area (Å²) >= 11 is 4.96. The van der Waals surface area contributed by atoms with Gasteiger partial charge in [-0.3, -0.25) is 4.99 Å². The molecular weight excluding hydrogens is 303 g/mol. The van der Waals surface area contributed by atoms with Gasteiger partial charge >= 0.3 is 0 Å². The first-order chi connectivity index (χ1) is 7.98. The number of nitrogens with one attached hydrogen (secondary N) is 1. The van der Waals surface area contributed by atoms with Crippen LogP contribution in [-0.2, 0) is 0 Å². The van der Waals surface area contributed by atoms with Crippen molar-refractivity contribution >= 4 is 38.5 Å². The Hall–Kier alpha value is -0.550. The van der Waals surface area contributed by atoms with E-state index in [1.165, 1.54) is 6.07 Å². The number of amidine groups is 1. The Labute approximate surface area is 113 Å². The highest BCUT2D eigenvalue weighted by atomic mass is 79.9. The monoisotopic (exact) mass is 316 g/mol. The summed E-state index contributed by atoms with van der Waals surface area (Å²) < 4.78 is 14.4. The fraction of sp³-hybridized carbons (Fsp3) is 0.417. The molecule has 0 fully saturated rings. The first-order valence-corrected chi connectivity index (χ1v) is 7.19. The summed E-state index contributed by atoms with van der Waals surface area (Å²) in [5.74, 6) is 0.733. The molecule has 0 saturated heterocycles. The van der Waals surface area contributed by atoms with E-state index in [1.54, 1.807) is 17.8 Å². The highest BCUT2D eigenvalue weighted by Gasteiger charge is 2.23. The maximum absolute atomic E-state index is 13.6. The van der Waals surface area contributed by atoms with Crippen LogP contribution in [0.1, 0.15) is 20.3 Å². The molecular formula is C12H14BrFN2S. The number of benzene rings is 1. The number of halogens is 2. The number of para-hydroxylation sites is 1. The molecule has 0 radical (unpaired) electrons. The van der Waals surface area contributed by atoms with Crippen LogP contribution in [0.15, 0.2) is 27.7 Å². The molecule has 1 aliphatic heterocycles. The maximum atomic E-state index is 13.6. The highest BCUT2D eigenvalue weighted by molar-refractivity contribution is 9.10. The van der Waals surface area contributed by atoms with Crippen LogP contribution < -0.4 is 5.32 Å². The van der Waals surface area contributed by atoms with Gasteiger partial charge in [-0.25, -0.2) is 4.39 Å². The zero-order valence-electron chi connectivity index (χ0n) is 9.76. The third-order valence-electron chi connectivity index (χ3n) is 2.55. The zero-order valence-corrected chi connectivity index (χ0v) is 12.2. The van der Waals surface area contributed by atoms with Gasteiger partial charge < -0.3 is 5.32 Å². The molecule has 0 saturated carbocycles. The second-order valence-corrected chi connectivity index (χ2v) is 6.49. The molecule has 0 amide bonds. The summed E-state index contributed by atoms with van der Waals surface area (Å²) in [5.41, 5.74) is 0.391. The maximum Gasteiger partial charge on any atom is 0.161 e. The van der Waals surface area contributed by atoms with Gasteiger partial charge in [-0.2, -0.15) is 0 Å². The van der Waals surface area contributed by atoms with Gasteiger partial charge in [0.05, 0.1) is 11.2 Å². The van der Waals surface area contributed by atoms with Crippen molar-refractivity contribution in [3.63, 3.8) is 0 Å². The molecule has 92 valence electrons. The molecule has 0 bridgehead atoms. The van der Waals surface area contributed by atoms with Crippen LogP contribution in [0.3, 0.4) is 0 Å². The van der Waals surface area contributed by atoms with Crippen LogP contribution in [-0.4, -0.2) is 16.5 Å². The van der Waals surface area contributed by atoms with Crippen LogP contribution in [0, 0.1) is 5.82 Å². The standard InChI is InChI=1S/C12H14BrFN2S/c1-12(2)6-7-17-11(16-12)15-10-8(13)4-3-5-9(10)14/h3-5H,6-7H2,1-2H3,(H,15,16). The van der Waals surface area contributed by atoms with E-state index in [0.29, 0.717) is 10.2 Å². The van der Waals surface area contributed by atoms with Crippen LogP contribution in [0.5, 0.6) is 0 Å². The molecule has 0 spiro atoms. The van der Waals surface area contributed by atoms with Gasteiger partial charge in [0.1, 0.15) is 5.82 Å². The molecule has 1 heterocycles. The van der Waals surface area contributed by atoms with Crippen molar-refractivity contribution in [2.24, 2.45) is 4.99 Å². The Morgan fingerprint density at radius 2 is 2.24 bits per heavy atom. The van der Waals surface area contributed by atoms with Gasteiger partial charge in [0, 0.05) is 10.2 Å². The minimum absolute atomic E-state index is 0.0642. The van der Waals surface area contributed by atoms with Gasteiger partial charge in [-0.05, 0) is 48.3 Å². The van der Waals surface area contributed by atoms with Crippen LogP contribution in [0.4, 0.5) is 10.1 Å². The lowest BCUT2D eigenvalue weighted by Gasteiger charge is -2.26. The summed E-state index contributed by atoms with van der Waals surface area (Å²) in [6.07, 6.45) is 1.04. The molecule has 2 nitrogen and oxygen atoms in total. The quantitative estimate of drug-likeness (QED) is 0.836. The first kappa shape index (κ1) is 12.9. The van der Waals surface area contributed by atoms with Crippen molar-refractivity contribution < 1.29 is 4.39 Å². The van der Waals surface area contributed by atoms with Crippen molar-refractivity contribution in [3.8, 4) is 0 Å². The van der Waals surface area contributed by atoms with Crippen LogP contribution >= 0.6 is 27.7 Å². The molecule has 0 unspecified atom stereocenters. The molecule has 2 rings (SSSR count). The topological polar surface area (TPSA) is 24.4 Å². The molecule has 0 aliphatic carbocycles. The van der Waals surface area contributed by atoms with Crippen LogP contribution in [0.2, 0.25) is 0 Å². The minimum atomic E-state index is -0.272. The summed E-state index contributed by atoms with van der Waals surface area (Å²) in [6.45, 7) is 4.18. The lowest BCUT2D eigenvalue weighted by molar-refractivity contribution is 0.507. The van der Waals surface area contributed by atoms with E-state index < -0.39 is 0 Å². The van der Waals surface area contributed by atoms with Crippen LogP contribution in [0.25, 0.3) is 0 Å². The number of rotatable bonds is 1. The lowest BCUT2D eigenvalue weighted by Crippen LogP contribution is -2.27. The molecule has 1 aliphatic rings. The highest BCUT2D eigenvalue weighted by Crippen LogP contribution is 2.30. The number of thioether (sulfide) groups is 1. The molecule has 0 atom stereocenters. The van der Waals surface area contributed by atoms with Gasteiger partial charge in [0.25, 0.3) is 0 Å². The number of aliphatic imine (C=N–C) groups is 1. The van der Waals surface area contributed by atoms with E-state index in [2.05, 4.69) is 40.1 Å². The fourth-order valence-corrected chi connectivity index (χ4v) is 3.27. The number of hydrogen-bond acceptors (Lipinski definition) is 3. The molecule has 17 heavy (non-hydrogen) atoms. The molecule has 1 aromatic carbocycles. The third-order valence-corrected chi connectivity index (χ3v) is 4.09. The van der Waals surface area contributed by atoms with E-state index in [4.69, 9.17) is 0 Å². The van der Waals surface area contributed by atoms with E-state index in [1.807, 2.05) is 6.07 Å².